The van der Waals surface area contributed by atoms with Crippen LogP contribution in [0.1, 0.15) is 28.4 Å². The molecule has 0 fully saturated rings. The van der Waals surface area contributed by atoms with Crippen molar-refractivity contribution in [2.45, 2.75) is 18.4 Å². The fraction of sp³-hybridized carbons (Fsp3) is 0.273. The molecule has 0 aliphatic rings. The van der Waals surface area contributed by atoms with Crippen LogP contribution in [-0.2, 0) is 11.4 Å². The number of hydrogen-bond acceptors (Lipinski definition) is 3. The van der Waals surface area contributed by atoms with Gasteiger partial charge >= 0.3 is 0 Å². The zero-order valence-electron chi connectivity index (χ0n) is 8.20. The lowest BCUT2D eigenvalue weighted by Gasteiger charge is -2.10. The highest BCUT2D eigenvalue weighted by Gasteiger charge is 2.18. The Morgan fingerprint density at radius 2 is 2.33 bits per heavy atom. The maximum Gasteiger partial charge on any atom is 0.147 e. The highest BCUT2D eigenvalue weighted by atomic mass is 79.9. The predicted octanol–water partition coefficient (Wildman–Crippen LogP) is 2.08. The fourth-order valence-electron chi connectivity index (χ4n) is 1.32. The topological polar surface area (TPSA) is 61.1 Å². The zero-order chi connectivity index (χ0) is 11.4. The molecule has 1 aromatic carbocycles. The molecule has 0 saturated heterocycles. The molecule has 0 saturated carbocycles. The van der Waals surface area contributed by atoms with Gasteiger partial charge in [0.15, 0.2) is 0 Å². The first kappa shape index (κ1) is 11.9. The smallest absolute Gasteiger partial charge is 0.147 e. The molecule has 1 aromatic rings. The van der Waals surface area contributed by atoms with E-state index < -0.39 is 4.83 Å². The van der Waals surface area contributed by atoms with E-state index in [1.165, 1.54) is 6.92 Å². The minimum absolute atomic E-state index is 0.0680. The number of carbonyl (C=O) groups is 1. The van der Waals surface area contributed by atoms with Crippen molar-refractivity contribution in [2.75, 3.05) is 0 Å². The minimum Gasteiger partial charge on any atom is -0.392 e. The first-order chi connectivity index (χ1) is 7.11. The van der Waals surface area contributed by atoms with Crippen LogP contribution in [0.15, 0.2) is 18.2 Å². The molecule has 0 amide bonds. The molecule has 0 spiro atoms. The number of alkyl halides is 1. The third kappa shape index (κ3) is 2.44. The molecule has 1 atom stereocenters. The van der Waals surface area contributed by atoms with Crippen LogP contribution in [0.25, 0.3) is 0 Å². The number of aliphatic hydroxyl groups excluding tert-OH is 1. The predicted molar refractivity (Wildman–Crippen MR) is 59.4 cm³/mol. The summed E-state index contributed by atoms with van der Waals surface area (Å²) in [5, 5.41) is 18.0. The van der Waals surface area contributed by atoms with Crippen molar-refractivity contribution < 1.29 is 9.90 Å². The molecular formula is C11H10BrNO2. The van der Waals surface area contributed by atoms with Crippen LogP contribution in [0, 0.1) is 11.3 Å². The fourth-order valence-corrected chi connectivity index (χ4v) is 1.70. The van der Waals surface area contributed by atoms with E-state index in [1.54, 1.807) is 18.2 Å². The molecule has 0 radical (unpaired) electrons. The van der Waals surface area contributed by atoms with Crippen molar-refractivity contribution in [1.82, 2.24) is 0 Å². The van der Waals surface area contributed by atoms with Gasteiger partial charge in [-0.3, -0.25) is 4.79 Å². The van der Waals surface area contributed by atoms with Crippen LogP contribution in [0.3, 0.4) is 0 Å². The molecule has 1 rings (SSSR count). The van der Waals surface area contributed by atoms with Crippen LogP contribution >= 0.6 is 15.9 Å². The molecule has 15 heavy (non-hydrogen) atoms. The van der Waals surface area contributed by atoms with E-state index in [-0.39, 0.29) is 12.4 Å². The number of aliphatic hydroxyl groups is 1. The second-order valence-electron chi connectivity index (χ2n) is 3.12. The third-order valence-electron chi connectivity index (χ3n) is 2.10. The van der Waals surface area contributed by atoms with Gasteiger partial charge < -0.3 is 5.11 Å². The molecule has 78 valence electrons. The van der Waals surface area contributed by atoms with Crippen molar-refractivity contribution in [3.63, 3.8) is 0 Å². The average molecular weight is 268 g/mol. The van der Waals surface area contributed by atoms with Gasteiger partial charge in [0.25, 0.3) is 0 Å². The Morgan fingerprint density at radius 1 is 1.67 bits per heavy atom. The summed E-state index contributed by atoms with van der Waals surface area (Å²) in [7, 11) is 0. The second-order valence-corrected chi connectivity index (χ2v) is 4.04. The Labute approximate surface area is 96.5 Å². The average Bonchev–Trinajstić information content (AvgIpc) is 2.26. The first-order valence-corrected chi connectivity index (χ1v) is 5.30. The molecule has 0 aromatic heterocycles. The quantitative estimate of drug-likeness (QED) is 0.853. The molecule has 4 heteroatoms. The molecule has 0 aliphatic heterocycles. The van der Waals surface area contributed by atoms with E-state index in [0.717, 1.165) is 0 Å². The van der Waals surface area contributed by atoms with Crippen molar-refractivity contribution >= 4 is 21.7 Å². The van der Waals surface area contributed by atoms with Crippen LogP contribution in [0.5, 0.6) is 0 Å². The highest BCUT2D eigenvalue weighted by molar-refractivity contribution is 9.09. The van der Waals surface area contributed by atoms with Crippen molar-refractivity contribution in [2.24, 2.45) is 0 Å². The number of Topliss-reactive ketones (excluding diaryl/α,β-unsaturated/α-hetero) is 1. The molecule has 1 N–H and O–H groups in total. The van der Waals surface area contributed by atoms with E-state index in [0.29, 0.717) is 16.7 Å². The minimum atomic E-state index is -0.487. The van der Waals surface area contributed by atoms with Gasteiger partial charge in [-0.1, -0.05) is 34.1 Å². The lowest BCUT2D eigenvalue weighted by atomic mass is 9.99. The maximum atomic E-state index is 11.2. The van der Waals surface area contributed by atoms with Gasteiger partial charge in [0.1, 0.15) is 5.78 Å². The molecule has 0 bridgehead atoms. The SMILES string of the molecule is CC(=O)C(Br)c1cccc(CO)c1C#N. The van der Waals surface area contributed by atoms with Gasteiger partial charge in [-0.2, -0.15) is 5.26 Å². The monoisotopic (exact) mass is 267 g/mol. The van der Waals surface area contributed by atoms with Gasteiger partial charge in [-0.25, -0.2) is 0 Å². The van der Waals surface area contributed by atoms with Gasteiger partial charge in [-0.15, -0.1) is 0 Å². The van der Waals surface area contributed by atoms with Crippen LogP contribution in [-0.4, -0.2) is 10.9 Å². The van der Waals surface area contributed by atoms with Gasteiger partial charge in [-0.05, 0) is 18.1 Å². The lowest BCUT2D eigenvalue weighted by molar-refractivity contribution is -0.116. The Balaban J connectivity index is 3.30. The lowest BCUT2D eigenvalue weighted by Crippen LogP contribution is -2.05. The number of nitrogens with zero attached hydrogens (tertiary/aromatic N) is 1. The van der Waals surface area contributed by atoms with Crippen molar-refractivity contribution in [3.8, 4) is 6.07 Å². The van der Waals surface area contributed by atoms with E-state index in [2.05, 4.69) is 15.9 Å². The van der Waals surface area contributed by atoms with E-state index in [9.17, 15) is 4.79 Å². The van der Waals surface area contributed by atoms with Gasteiger partial charge in [0.2, 0.25) is 0 Å². The van der Waals surface area contributed by atoms with E-state index >= 15 is 0 Å². The summed E-state index contributed by atoms with van der Waals surface area (Å²) in [5.74, 6) is -0.0680. The van der Waals surface area contributed by atoms with Gasteiger partial charge in [0, 0.05) is 0 Å². The first-order valence-electron chi connectivity index (χ1n) is 4.39. The Kier molecular flexibility index (Phi) is 4.01. The Morgan fingerprint density at radius 3 is 2.80 bits per heavy atom. The van der Waals surface area contributed by atoms with E-state index in [4.69, 9.17) is 10.4 Å². The summed E-state index contributed by atoms with van der Waals surface area (Å²) in [6.07, 6.45) is 0. The van der Waals surface area contributed by atoms with Crippen LogP contribution < -0.4 is 0 Å². The Bertz CT molecular complexity index is 423. The number of ketones is 1. The van der Waals surface area contributed by atoms with Gasteiger partial charge in [0.05, 0.1) is 23.1 Å². The number of rotatable bonds is 3. The number of nitriles is 1. The summed E-state index contributed by atoms with van der Waals surface area (Å²) in [6, 6.07) is 7.11. The van der Waals surface area contributed by atoms with Crippen molar-refractivity contribution in [3.05, 3.63) is 34.9 Å². The van der Waals surface area contributed by atoms with Crippen molar-refractivity contribution in [1.29, 1.82) is 5.26 Å². The summed E-state index contributed by atoms with van der Waals surface area (Å²) in [6.45, 7) is 1.25. The summed E-state index contributed by atoms with van der Waals surface area (Å²) in [4.78, 5) is 10.7. The summed E-state index contributed by atoms with van der Waals surface area (Å²) in [5.41, 5.74) is 1.52. The van der Waals surface area contributed by atoms with E-state index in [1.807, 2.05) is 6.07 Å². The molecule has 0 aliphatic carbocycles. The number of carbonyl (C=O) groups excluding carboxylic acids is 1. The standard InChI is InChI=1S/C11H10BrNO2/c1-7(15)11(12)9-4-2-3-8(6-14)10(9)5-13/h2-4,11,14H,6H2,1H3. The summed E-state index contributed by atoms with van der Waals surface area (Å²) >= 11 is 3.22. The summed E-state index contributed by atoms with van der Waals surface area (Å²) < 4.78 is 0. The maximum absolute atomic E-state index is 11.2. The molecule has 1 unspecified atom stereocenters. The van der Waals surface area contributed by atoms with Crippen LogP contribution in [0.2, 0.25) is 0 Å². The Hall–Kier alpha value is -1.18. The normalized spacial score (nSPS) is 11.9. The third-order valence-corrected chi connectivity index (χ3v) is 3.23. The second kappa shape index (κ2) is 5.06. The highest BCUT2D eigenvalue weighted by Crippen LogP contribution is 2.28. The number of benzene rings is 1. The molecular weight excluding hydrogens is 258 g/mol. The zero-order valence-corrected chi connectivity index (χ0v) is 9.78. The van der Waals surface area contributed by atoms with Crippen LogP contribution in [0.4, 0.5) is 0 Å². The molecule has 0 heterocycles. The number of hydrogen-bond donors (Lipinski definition) is 1. The number of halogens is 1. The largest absolute Gasteiger partial charge is 0.392 e. The molecule has 3 nitrogen and oxygen atoms in total.